The van der Waals surface area contributed by atoms with E-state index in [4.69, 9.17) is 0 Å². The van der Waals surface area contributed by atoms with Crippen molar-refractivity contribution in [1.82, 2.24) is 0 Å². The number of carbonyl (C=O) groups is 1. The van der Waals surface area contributed by atoms with E-state index in [1.807, 2.05) is 0 Å². The normalized spacial score (nSPS) is 29.7. The van der Waals surface area contributed by atoms with Crippen LogP contribution in [0.25, 0.3) is 0 Å². The zero-order valence-electron chi connectivity index (χ0n) is 10.3. The van der Waals surface area contributed by atoms with Gasteiger partial charge in [0.25, 0.3) is 0 Å². The smallest absolute Gasteiger partial charge is 0.136 e. The average molecular weight is 196 g/mol. The molecule has 82 valence electrons. The third-order valence-corrected chi connectivity index (χ3v) is 3.72. The van der Waals surface area contributed by atoms with Gasteiger partial charge in [0.05, 0.1) is 0 Å². The molecule has 1 rings (SSSR count). The topological polar surface area (TPSA) is 17.1 Å². The lowest BCUT2D eigenvalue weighted by Crippen LogP contribution is -2.34. The third-order valence-electron chi connectivity index (χ3n) is 3.72. The van der Waals surface area contributed by atoms with Gasteiger partial charge >= 0.3 is 0 Å². The van der Waals surface area contributed by atoms with Gasteiger partial charge in [-0.15, -0.1) is 0 Å². The number of rotatable bonds is 1. The van der Waals surface area contributed by atoms with E-state index in [-0.39, 0.29) is 0 Å². The van der Waals surface area contributed by atoms with Gasteiger partial charge in [0, 0.05) is 12.3 Å². The minimum Gasteiger partial charge on any atom is -0.299 e. The summed E-state index contributed by atoms with van der Waals surface area (Å²) >= 11 is 0. The molecule has 2 atom stereocenters. The average Bonchev–Trinajstić information content (AvgIpc) is 2.02. The molecule has 0 N–H and O–H groups in total. The lowest BCUT2D eigenvalue weighted by molar-refractivity contribution is -0.128. The standard InChI is InChI=1S/C13H24O/c1-9(2)11-8-10(13(3,4)5)6-7-12(11)14/h9-11H,6-8H2,1-5H3/t10-,11+/m1/s1. The van der Waals surface area contributed by atoms with Crippen LogP contribution in [-0.4, -0.2) is 5.78 Å². The van der Waals surface area contributed by atoms with E-state index in [9.17, 15) is 4.79 Å². The summed E-state index contributed by atoms with van der Waals surface area (Å²) in [5.41, 5.74) is 0.369. The first-order chi connectivity index (χ1) is 6.32. The molecule has 1 aliphatic carbocycles. The van der Waals surface area contributed by atoms with Crippen molar-refractivity contribution in [2.75, 3.05) is 0 Å². The second-order valence-electron chi connectivity index (χ2n) is 6.15. The van der Waals surface area contributed by atoms with Crippen LogP contribution in [0.3, 0.4) is 0 Å². The van der Waals surface area contributed by atoms with Gasteiger partial charge in [-0.05, 0) is 30.1 Å². The van der Waals surface area contributed by atoms with Gasteiger partial charge < -0.3 is 0 Å². The number of Topliss-reactive ketones (excluding diaryl/α,β-unsaturated/α-hetero) is 1. The molecule has 0 bridgehead atoms. The Kier molecular flexibility index (Phi) is 3.39. The Balaban J connectivity index is 2.67. The molecule has 0 saturated heterocycles. The van der Waals surface area contributed by atoms with Gasteiger partial charge in [-0.1, -0.05) is 34.6 Å². The van der Waals surface area contributed by atoms with Crippen LogP contribution in [0, 0.1) is 23.2 Å². The molecular formula is C13H24O. The maximum atomic E-state index is 11.7. The molecular weight excluding hydrogens is 172 g/mol. The zero-order chi connectivity index (χ0) is 10.9. The molecule has 1 aliphatic rings. The van der Waals surface area contributed by atoms with Crippen molar-refractivity contribution in [2.45, 2.75) is 53.9 Å². The van der Waals surface area contributed by atoms with Gasteiger partial charge in [0.1, 0.15) is 5.78 Å². The van der Waals surface area contributed by atoms with Gasteiger partial charge in [0.15, 0.2) is 0 Å². The fourth-order valence-electron chi connectivity index (χ4n) is 2.49. The number of ketones is 1. The number of hydrogen-bond donors (Lipinski definition) is 0. The van der Waals surface area contributed by atoms with Crippen LogP contribution in [-0.2, 0) is 4.79 Å². The summed E-state index contributed by atoms with van der Waals surface area (Å²) in [6.45, 7) is 11.2. The summed E-state index contributed by atoms with van der Waals surface area (Å²) in [5, 5.41) is 0. The first kappa shape index (κ1) is 11.7. The molecule has 14 heavy (non-hydrogen) atoms. The minimum atomic E-state index is 0.327. The molecule has 0 aromatic rings. The molecule has 0 radical (unpaired) electrons. The second kappa shape index (κ2) is 4.04. The van der Waals surface area contributed by atoms with Crippen LogP contribution in [0.5, 0.6) is 0 Å². The molecule has 0 unspecified atom stereocenters. The van der Waals surface area contributed by atoms with Gasteiger partial charge in [-0.3, -0.25) is 4.79 Å². The van der Waals surface area contributed by atoms with Crippen LogP contribution in [0.4, 0.5) is 0 Å². The highest BCUT2D eigenvalue weighted by Gasteiger charge is 2.35. The molecule has 1 nitrogen and oxygen atoms in total. The fourth-order valence-corrected chi connectivity index (χ4v) is 2.49. The van der Waals surface area contributed by atoms with E-state index >= 15 is 0 Å². The summed E-state index contributed by atoms with van der Waals surface area (Å²) < 4.78 is 0. The van der Waals surface area contributed by atoms with E-state index in [2.05, 4.69) is 34.6 Å². The molecule has 0 amide bonds. The van der Waals surface area contributed by atoms with Crippen molar-refractivity contribution in [3.63, 3.8) is 0 Å². The van der Waals surface area contributed by atoms with E-state index < -0.39 is 0 Å². The van der Waals surface area contributed by atoms with E-state index in [0.717, 1.165) is 25.2 Å². The van der Waals surface area contributed by atoms with Crippen molar-refractivity contribution in [1.29, 1.82) is 0 Å². The molecule has 1 heteroatoms. The van der Waals surface area contributed by atoms with E-state index in [1.54, 1.807) is 0 Å². The van der Waals surface area contributed by atoms with Gasteiger partial charge in [0.2, 0.25) is 0 Å². The van der Waals surface area contributed by atoms with Crippen LogP contribution in [0.15, 0.2) is 0 Å². The summed E-state index contributed by atoms with van der Waals surface area (Å²) in [6, 6.07) is 0. The van der Waals surface area contributed by atoms with Crippen LogP contribution in [0.2, 0.25) is 0 Å². The highest BCUT2D eigenvalue weighted by molar-refractivity contribution is 5.82. The van der Waals surface area contributed by atoms with Crippen molar-refractivity contribution >= 4 is 5.78 Å². The van der Waals surface area contributed by atoms with Crippen molar-refractivity contribution in [3.05, 3.63) is 0 Å². The maximum absolute atomic E-state index is 11.7. The Hall–Kier alpha value is -0.330. The summed E-state index contributed by atoms with van der Waals surface area (Å²) in [4.78, 5) is 11.7. The largest absolute Gasteiger partial charge is 0.299 e. The van der Waals surface area contributed by atoms with Gasteiger partial charge in [-0.25, -0.2) is 0 Å². The third kappa shape index (κ3) is 2.59. The number of hydrogen-bond acceptors (Lipinski definition) is 1. The van der Waals surface area contributed by atoms with Crippen molar-refractivity contribution in [3.8, 4) is 0 Å². The SMILES string of the molecule is CC(C)[C@@H]1C[C@H](C(C)(C)C)CCC1=O. The second-order valence-corrected chi connectivity index (χ2v) is 6.15. The molecule has 0 spiro atoms. The van der Waals surface area contributed by atoms with E-state index in [1.165, 1.54) is 0 Å². The lowest BCUT2D eigenvalue weighted by Gasteiger charge is -2.38. The van der Waals surface area contributed by atoms with Gasteiger partial charge in [-0.2, -0.15) is 0 Å². The monoisotopic (exact) mass is 196 g/mol. The highest BCUT2D eigenvalue weighted by atomic mass is 16.1. The summed E-state index contributed by atoms with van der Waals surface area (Å²) in [7, 11) is 0. The van der Waals surface area contributed by atoms with Crippen LogP contribution < -0.4 is 0 Å². The highest BCUT2D eigenvalue weighted by Crippen LogP contribution is 2.40. The first-order valence-electron chi connectivity index (χ1n) is 5.85. The molecule has 0 aromatic heterocycles. The Morgan fingerprint density at radius 3 is 2.29 bits per heavy atom. The lowest BCUT2D eigenvalue weighted by atomic mass is 9.66. The molecule has 0 aliphatic heterocycles. The molecule has 0 aromatic carbocycles. The molecule has 0 heterocycles. The summed E-state index contributed by atoms with van der Waals surface area (Å²) in [5.74, 6) is 2.08. The molecule has 1 saturated carbocycles. The Labute approximate surface area is 88.3 Å². The quantitative estimate of drug-likeness (QED) is 0.625. The Bertz CT molecular complexity index is 210. The predicted octanol–water partition coefficient (Wildman–Crippen LogP) is 3.67. The predicted molar refractivity (Wildman–Crippen MR) is 60.1 cm³/mol. The zero-order valence-corrected chi connectivity index (χ0v) is 10.3. The molecule has 1 fully saturated rings. The van der Waals surface area contributed by atoms with Crippen LogP contribution >= 0.6 is 0 Å². The van der Waals surface area contributed by atoms with Crippen molar-refractivity contribution in [2.24, 2.45) is 23.2 Å². The van der Waals surface area contributed by atoms with Crippen molar-refractivity contribution < 1.29 is 4.79 Å². The van der Waals surface area contributed by atoms with Crippen LogP contribution in [0.1, 0.15) is 53.9 Å². The first-order valence-corrected chi connectivity index (χ1v) is 5.85. The minimum absolute atomic E-state index is 0.327. The number of carbonyl (C=O) groups excluding carboxylic acids is 1. The fraction of sp³-hybridized carbons (Fsp3) is 0.923. The van der Waals surface area contributed by atoms with E-state index in [0.29, 0.717) is 23.0 Å². The Morgan fingerprint density at radius 2 is 1.86 bits per heavy atom. The Morgan fingerprint density at radius 1 is 1.29 bits per heavy atom. The maximum Gasteiger partial charge on any atom is 0.136 e. The summed E-state index contributed by atoms with van der Waals surface area (Å²) in [6.07, 6.45) is 3.02.